The fraction of sp³-hybridized carbons (Fsp3) is 0.833. The van der Waals surface area contributed by atoms with Crippen LogP contribution in [-0.2, 0) is 14.4 Å². The number of hydrogen-bond donors (Lipinski definition) is 2. The van der Waals surface area contributed by atoms with Gasteiger partial charge < -0.3 is 15.3 Å². The molecule has 4 fully saturated rings. The number of hydrogen-bond acceptors (Lipinski definition) is 3. The van der Waals surface area contributed by atoms with E-state index in [1.165, 1.54) is 0 Å². The number of nitrogens with zero attached hydrogens (tertiary/aromatic N) is 1. The van der Waals surface area contributed by atoms with Crippen molar-refractivity contribution >= 4 is 17.8 Å². The Hall–Kier alpha value is -1.80. The zero-order chi connectivity index (χ0) is 20.7. The first-order valence-electron chi connectivity index (χ1n) is 9.07. The maximum absolute atomic E-state index is 13.2. The van der Waals surface area contributed by atoms with Gasteiger partial charge >= 0.3 is 18.1 Å². The van der Waals surface area contributed by atoms with Crippen LogP contribution in [0.1, 0.15) is 34.6 Å². The molecule has 2 N–H and O–H groups in total. The van der Waals surface area contributed by atoms with Gasteiger partial charge in [0.1, 0.15) is 12.1 Å². The zero-order valence-corrected chi connectivity index (χ0v) is 15.9. The van der Waals surface area contributed by atoms with Gasteiger partial charge in [-0.25, -0.2) is 4.79 Å². The molecular formula is C18H25F3N2O4. The Morgan fingerprint density at radius 3 is 2.22 bits per heavy atom. The van der Waals surface area contributed by atoms with Crippen molar-refractivity contribution in [2.24, 2.45) is 34.5 Å². The Labute approximate surface area is 155 Å². The molecule has 7 atom stereocenters. The van der Waals surface area contributed by atoms with Gasteiger partial charge in [-0.1, -0.05) is 34.6 Å². The zero-order valence-electron chi connectivity index (χ0n) is 15.9. The van der Waals surface area contributed by atoms with Gasteiger partial charge in [-0.15, -0.1) is 0 Å². The summed E-state index contributed by atoms with van der Waals surface area (Å²) in [6.45, 7) is 9.35. The molecule has 27 heavy (non-hydrogen) atoms. The number of amides is 2. The van der Waals surface area contributed by atoms with Gasteiger partial charge in [0, 0.05) is 12.5 Å². The minimum absolute atomic E-state index is 0.00728. The summed E-state index contributed by atoms with van der Waals surface area (Å²) in [4.78, 5) is 37.8. The van der Waals surface area contributed by atoms with Crippen LogP contribution in [0, 0.1) is 34.5 Å². The number of fused-ring (bicyclic) bond motifs is 4. The summed E-state index contributed by atoms with van der Waals surface area (Å²) in [6.07, 6.45) is -5.12. The number of rotatable bonds is 2. The number of alkyl halides is 3. The third kappa shape index (κ3) is 2.56. The average molecular weight is 390 g/mol. The van der Waals surface area contributed by atoms with Gasteiger partial charge in [-0.2, -0.15) is 13.2 Å². The van der Waals surface area contributed by atoms with Crippen molar-refractivity contribution in [3.05, 3.63) is 0 Å². The van der Waals surface area contributed by atoms with E-state index in [0.29, 0.717) is 0 Å². The molecule has 6 nitrogen and oxygen atoms in total. The molecule has 152 valence electrons. The molecule has 1 aliphatic carbocycles. The number of halogens is 3. The van der Waals surface area contributed by atoms with E-state index in [9.17, 15) is 32.7 Å². The van der Waals surface area contributed by atoms with Crippen molar-refractivity contribution in [3.63, 3.8) is 0 Å². The Morgan fingerprint density at radius 2 is 1.74 bits per heavy atom. The van der Waals surface area contributed by atoms with Gasteiger partial charge in [-0.3, -0.25) is 9.59 Å². The van der Waals surface area contributed by atoms with E-state index in [-0.39, 0.29) is 35.6 Å². The van der Waals surface area contributed by atoms with Gasteiger partial charge in [0.05, 0.1) is 0 Å². The largest absolute Gasteiger partial charge is 0.480 e. The van der Waals surface area contributed by atoms with Crippen molar-refractivity contribution in [2.45, 2.75) is 52.9 Å². The second-order valence-corrected chi connectivity index (χ2v) is 9.07. The number of carboxylic acids is 1. The molecule has 3 aliphatic heterocycles. The first-order chi connectivity index (χ1) is 12.2. The molecule has 2 amide bonds. The van der Waals surface area contributed by atoms with Gasteiger partial charge in [0.25, 0.3) is 0 Å². The Morgan fingerprint density at radius 1 is 1.19 bits per heavy atom. The van der Waals surface area contributed by atoms with Crippen LogP contribution in [0.3, 0.4) is 0 Å². The molecular weight excluding hydrogens is 365 g/mol. The lowest BCUT2D eigenvalue weighted by molar-refractivity contribution is -0.176. The lowest BCUT2D eigenvalue weighted by atomic mass is 9.64. The Kier molecular flexibility index (Phi) is 4.14. The quantitative estimate of drug-likeness (QED) is 0.754. The lowest BCUT2D eigenvalue weighted by Gasteiger charge is -2.42. The molecule has 4 aliphatic rings. The molecule has 1 saturated carbocycles. The van der Waals surface area contributed by atoms with E-state index in [0.717, 1.165) is 4.90 Å². The molecule has 3 saturated heterocycles. The van der Waals surface area contributed by atoms with E-state index in [2.05, 4.69) is 0 Å². The SMILES string of the molecule is CC1[C@@H](C)C(C)(C)[C@H](NC(=O)C(F)(F)F)C(=O)N2C[C@H]3[C@@H]([C@H]2C(=O)O)C13C. The second kappa shape index (κ2) is 5.61. The average Bonchev–Trinajstić information content (AvgIpc) is 2.93. The van der Waals surface area contributed by atoms with Crippen molar-refractivity contribution in [1.82, 2.24) is 10.2 Å². The standard InChI is InChI=1S/C18H25F3N2O4/c1-7-8(2)17(5)9-6-23(11(10(9)17)14(25)26)13(24)12(16(7,3)4)22-15(27)18(19,20)21/h7-12H,6H2,1-5H3,(H,22,27)(H,25,26)/t7-,8?,9+,10+,11+,12-,17?/m1/s1. The minimum atomic E-state index is -5.12. The fourth-order valence-corrected chi connectivity index (χ4v) is 5.60. The number of carbonyl (C=O) groups is 3. The summed E-state index contributed by atoms with van der Waals surface area (Å²) in [5, 5.41) is 11.6. The van der Waals surface area contributed by atoms with E-state index >= 15 is 0 Å². The highest BCUT2D eigenvalue weighted by molar-refractivity contribution is 5.93. The summed E-state index contributed by atoms with van der Waals surface area (Å²) in [6, 6.07) is -2.52. The van der Waals surface area contributed by atoms with E-state index in [1.54, 1.807) is 13.8 Å². The first-order valence-corrected chi connectivity index (χ1v) is 9.07. The molecule has 0 aromatic heterocycles. The van der Waals surface area contributed by atoms with Gasteiger partial charge in [-0.05, 0) is 28.6 Å². The highest BCUT2D eigenvalue weighted by atomic mass is 19.4. The predicted octanol–water partition coefficient (Wildman–Crippen LogP) is 1.89. The molecule has 0 aromatic carbocycles. The number of carboxylic acid groups (broad SMARTS) is 1. The van der Waals surface area contributed by atoms with Crippen molar-refractivity contribution < 1.29 is 32.7 Å². The summed E-state index contributed by atoms with van der Waals surface area (Å²) in [5.74, 6) is -4.54. The predicted molar refractivity (Wildman–Crippen MR) is 88.3 cm³/mol. The van der Waals surface area contributed by atoms with Crippen LogP contribution in [0.15, 0.2) is 0 Å². The molecule has 2 unspecified atom stereocenters. The monoisotopic (exact) mass is 390 g/mol. The van der Waals surface area contributed by atoms with Crippen LogP contribution in [0.5, 0.6) is 0 Å². The lowest BCUT2D eigenvalue weighted by Crippen LogP contribution is -2.60. The maximum atomic E-state index is 13.2. The number of carbonyl (C=O) groups excluding carboxylic acids is 2. The van der Waals surface area contributed by atoms with Crippen molar-refractivity contribution in [1.29, 1.82) is 0 Å². The Bertz CT molecular complexity index is 707. The highest BCUT2D eigenvalue weighted by Gasteiger charge is 2.75. The molecule has 0 aromatic rings. The van der Waals surface area contributed by atoms with Gasteiger partial charge in [0.15, 0.2) is 0 Å². The van der Waals surface area contributed by atoms with Crippen LogP contribution in [-0.4, -0.2) is 52.6 Å². The molecule has 4 rings (SSSR count). The number of aliphatic carboxylic acids is 1. The van der Waals surface area contributed by atoms with Crippen molar-refractivity contribution in [3.8, 4) is 0 Å². The maximum Gasteiger partial charge on any atom is 0.471 e. The third-order valence-electron chi connectivity index (χ3n) is 7.88. The van der Waals surface area contributed by atoms with Crippen molar-refractivity contribution in [2.75, 3.05) is 6.54 Å². The van der Waals surface area contributed by atoms with Crippen LogP contribution in [0.2, 0.25) is 0 Å². The highest BCUT2D eigenvalue weighted by Crippen LogP contribution is 2.71. The smallest absolute Gasteiger partial charge is 0.471 e. The topological polar surface area (TPSA) is 86.7 Å². The normalized spacial score (nSPS) is 42.8. The van der Waals surface area contributed by atoms with Crippen LogP contribution in [0.4, 0.5) is 13.2 Å². The second-order valence-electron chi connectivity index (χ2n) is 9.07. The van der Waals surface area contributed by atoms with E-state index in [4.69, 9.17) is 0 Å². The molecule has 9 heteroatoms. The van der Waals surface area contributed by atoms with E-state index in [1.807, 2.05) is 26.1 Å². The minimum Gasteiger partial charge on any atom is -0.480 e. The summed E-state index contributed by atoms with van der Waals surface area (Å²) < 4.78 is 38.5. The number of nitrogens with one attached hydrogen (secondary N) is 1. The molecule has 0 spiro atoms. The summed E-state index contributed by atoms with van der Waals surface area (Å²) in [7, 11) is 0. The summed E-state index contributed by atoms with van der Waals surface area (Å²) in [5.41, 5.74) is -1.28. The third-order valence-corrected chi connectivity index (χ3v) is 7.88. The molecule has 0 radical (unpaired) electrons. The van der Waals surface area contributed by atoms with Crippen LogP contribution >= 0.6 is 0 Å². The van der Waals surface area contributed by atoms with Crippen LogP contribution < -0.4 is 5.32 Å². The van der Waals surface area contributed by atoms with Gasteiger partial charge in [0.2, 0.25) is 5.91 Å². The first kappa shape index (κ1) is 19.9. The number of piperidine rings is 1. The van der Waals surface area contributed by atoms with E-state index < -0.39 is 41.5 Å². The molecule has 4 bridgehead atoms. The Balaban J connectivity index is 2.07. The van der Waals surface area contributed by atoms with Crippen LogP contribution in [0.25, 0.3) is 0 Å². The fourth-order valence-electron chi connectivity index (χ4n) is 5.60. The summed E-state index contributed by atoms with van der Waals surface area (Å²) >= 11 is 0. The molecule has 3 heterocycles.